The first-order valence-corrected chi connectivity index (χ1v) is 5.35. The summed E-state index contributed by atoms with van der Waals surface area (Å²) >= 11 is 0. The second-order valence-corrected chi connectivity index (χ2v) is 4.38. The highest BCUT2D eigenvalue weighted by atomic mass is 16.5. The normalized spacial score (nSPS) is 44.8. The Morgan fingerprint density at radius 1 is 1.00 bits per heavy atom. The fourth-order valence-corrected chi connectivity index (χ4v) is 2.64. The zero-order chi connectivity index (χ0) is 10.7. The van der Waals surface area contributed by atoms with Crippen molar-refractivity contribution >= 4 is 0 Å². The van der Waals surface area contributed by atoms with Gasteiger partial charge >= 0.3 is 0 Å². The molecule has 0 aromatic carbocycles. The zero-order valence-electron chi connectivity index (χ0n) is 9.56. The monoisotopic (exact) mass is 202 g/mol. The van der Waals surface area contributed by atoms with E-state index >= 15 is 0 Å². The molecule has 0 radical (unpaired) electrons. The van der Waals surface area contributed by atoms with Crippen LogP contribution in [0.4, 0.5) is 0 Å². The van der Waals surface area contributed by atoms with E-state index in [1.807, 2.05) is 0 Å². The molecule has 1 aliphatic rings. The lowest BCUT2D eigenvalue weighted by molar-refractivity contribution is -0.0788. The molecule has 1 N–H and O–H groups in total. The van der Waals surface area contributed by atoms with Crippen molar-refractivity contribution in [3.05, 3.63) is 0 Å². The van der Waals surface area contributed by atoms with E-state index in [1.165, 1.54) is 0 Å². The summed E-state index contributed by atoms with van der Waals surface area (Å²) in [7, 11) is 3.40. The van der Waals surface area contributed by atoms with E-state index in [4.69, 9.17) is 9.47 Å². The standard InChI is InChI=1S/C11H22O3/c1-7-5-6-9(12)11(14-4)8(2)10(7)13-3/h7-12H,5-6H2,1-4H3/t7?,8?,9-,10?,11+/m1/s1. The third-order valence-electron chi connectivity index (χ3n) is 3.44. The van der Waals surface area contributed by atoms with Gasteiger partial charge in [-0.15, -0.1) is 0 Å². The highest BCUT2D eigenvalue weighted by Gasteiger charge is 2.37. The topological polar surface area (TPSA) is 38.7 Å². The van der Waals surface area contributed by atoms with Gasteiger partial charge in [0, 0.05) is 20.1 Å². The van der Waals surface area contributed by atoms with Crippen molar-refractivity contribution in [2.24, 2.45) is 11.8 Å². The van der Waals surface area contributed by atoms with E-state index in [-0.39, 0.29) is 24.2 Å². The number of hydrogen-bond donors (Lipinski definition) is 1. The Morgan fingerprint density at radius 2 is 1.57 bits per heavy atom. The van der Waals surface area contributed by atoms with Crippen molar-refractivity contribution in [2.75, 3.05) is 14.2 Å². The maximum Gasteiger partial charge on any atom is 0.0880 e. The molecule has 3 nitrogen and oxygen atoms in total. The summed E-state index contributed by atoms with van der Waals surface area (Å²) in [6.45, 7) is 4.27. The van der Waals surface area contributed by atoms with Crippen molar-refractivity contribution in [1.29, 1.82) is 0 Å². The summed E-state index contributed by atoms with van der Waals surface area (Å²) < 4.78 is 10.8. The summed E-state index contributed by atoms with van der Waals surface area (Å²) in [5.41, 5.74) is 0. The Balaban J connectivity index is 2.77. The van der Waals surface area contributed by atoms with Crippen LogP contribution < -0.4 is 0 Å². The minimum absolute atomic E-state index is 0.0927. The highest BCUT2D eigenvalue weighted by molar-refractivity contribution is 4.87. The second kappa shape index (κ2) is 5.10. The minimum Gasteiger partial charge on any atom is -0.390 e. The maximum absolute atomic E-state index is 9.87. The molecule has 1 rings (SSSR count). The van der Waals surface area contributed by atoms with Gasteiger partial charge in [-0.25, -0.2) is 0 Å². The molecule has 0 amide bonds. The van der Waals surface area contributed by atoms with Crippen LogP contribution in [0.3, 0.4) is 0 Å². The summed E-state index contributed by atoms with van der Waals surface area (Å²) in [5, 5.41) is 9.87. The van der Waals surface area contributed by atoms with Crippen molar-refractivity contribution in [3.63, 3.8) is 0 Å². The van der Waals surface area contributed by atoms with Gasteiger partial charge in [-0.2, -0.15) is 0 Å². The molecule has 1 fully saturated rings. The maximum atomic E-state index is 9.87. The first kappa shape index (κ1) is 12.0. The van der Waals surface area contributed by atoms with Crippen molar-refractivity contribution in [3.8, 4) is 0 Å². The lowest BCUT2D eigenvalue weighted by Gasteiger charge is -2.30. The lowest BCUT2D eigenvalue weighted by atomic mass is 9.90. The lowest BCUT2D eigenvalue weighted by Crippen LogP contribution is -2.39. The van der Waals surface area contributed by atoms with Gasteiger partial charge in [-0.3, -0.25) is 0 Å². The van der Waals surface area contributed by atoms with Gasteiger partial charge < -0.3 is 14.6 Å². The van der Waals surface area contributed by atoms with Crippen LogP contribution in [0.2, 0.25) is 0 Å². The molecule has 0 aliphatic heterocycles. The Bertz CT molecular complexity index is 154. The van der Waals surface area contributed by atoms with Gasteiger partial charge in [0.05, 0.1) is 18.3 Å². The number of ether oxygens (including phenoxy) is 2. The van der Waals surface area contributed by atoms with Gasteiger partial charge in [0.2, 0.25) is 0 Å². The van der Waals surface area contributed by atoms with Gasteiger partial charge in [0.1, 0.15) is 0 Å². The average Bonchev–Trinajstić information content (AvgIpc) is 2.25. The van der Waals surface area contributed by atoms with Crippen molar-refractivity contribution < 1.29 is 14.6 Å². The summed E-state index contributed by atoms with van der Waals surface area (Å²) in [5.74, 6) is 0.738. The van der Waals surface area contributed by atoms with E-state index in [9.17, 15) is 5.11 Å². The quantitative estimate of drug-likeness (QED) is 0.689. The van der Waals surface area contributed by atoms with Crippen LogP contribution in [0.1, 0.15) is 26.7 Å². The highest BCUT2D eigenvalue weighted by Crippen LogP contribution is 2.31. The van der Waals surface area contributed by atoms with Crippen LogP contribution in [0, 0.1) is 11.8 Å². The molecule has 0 aromatic heterocycles. The van der Waals surface area contributed by atoms with Crippen LogP contribution in [0.15, 0.2) is 0 Å². The largest absolute Gasteiger partial charge is 0.390 e. The fraction of sp³-hybridized carbons (Fsp3) is 1.00. The average molecular weight is 202 g/mol. The first-order valence-electron chi connectivity index (χ1n) is 5.35. The summed E-state index contributed by atoms with van der Waals surface area (Å²) in [6.07, 6.45) is 1.56. The van der Waals surface area contributed by atoms with Crippen LogP contribution in [0.5, 0.6) is 0 Å². The number of rotatable bonds is 2. The van der Waals surface area contributed by atoms with Gasteiger partial charge in [-0.1, -0.05) is 13.8 Å². The Labute approximate surface area is 86.4 Å². The zero-order valence-corrected chi connectivity index (χ0v) is 9.56. The van der Waals surface area contributed by atoms with E-state index in [0.29, 0.717) is 5.92 Å². The van der Waals surface area contributed by atoms with Crippen LogP contribution in [0.25, 0.3) is 0 Å². The third kappa shape index (κ3) is 2.27. The van der Waals surface area contributed by atoms with Gasteiger partial charge in [0.25, 0.3) is 0 Å². The van der Waals surface area contributed by atoms with E-state index in [1.54, 1.807) is 14.2 Å². The predicted molar refractivity (Wildman–Crippen MR) is 55.2 cm³/mol. The second-order valence-electron chi connectivity index (χ2n) is 4.38. The fourth-order valence-electron chi connectivity index (χ4n) is 2.64. The minimum atomic E-state index is -0.349. The molecule has 0 aromatic rings. The van der Waals surface area contributed by atoms with Crippen LogP contribution in [-0.2, 0) is 9.47 Å². The SMILES string of the molecule is COC1C(C)CC[C@@H](O)[C@@H](OC)C1C. The molecular weight excluding hydrogens is 180 g/mol. The molecule has 3 heteroatoms. The van der Waals surface area contributed by atoms with Crippen molar-refractivity contribution in [2.45, 2.75) is 45.0 Å². The molecule has 0 bridgehead atoms. The van der Waals surface area contributed by atoms with Gasteiger partial charge in [-0.05, 0) is 18.8 Å². The number of hydrogen-bond acceptors (Lipinski definition) is 3. The Kier molecular flexibility index (Phi) is 4.35. The van der Waals surface area contributed by atoms with E-state index < -0.39 is 0 Å². The smallest absolute Gasteiger partial charge is 0.0880 e. The molecule has 1 saturated carbocycles. The summed E-state index contributed by atoms with van der Waals surface area (Å²) in [6, 6.07) is 0. The first-order chi connectivity index (χ1) is 6.61. The van der Waals surface area contributed by atoms with E-state index in [2.05, 4.69) is 13.8 Å². The molecule has 5 atom stereocenters. The number of aliphatic hydroxyl groups excluding tert-OH is 1. The predicted octanol–water partition coefficient (Wildman–Crippen LogP) is 1.44. The molecule has 0 saturated heterocycles. The molecule has 0 spiro atoms. The molecule has 1 aliphatic carbocycles. The van der Waals surface area contributed by atoms with Crippen LogP contribution >= 0.6 is 0 Å². The third-order valence-corrected chi connectivity index (χ3v) is 3.44. The number of aliphatic hydroxyl groups is 1. The Morgan fingerprint density at radius 3 is 2.07 bits per heavy atom. The number of methoxy groups -OCH3 is 2. The molecule has 14 heavy (non-hydrogen) atoms. The molecule has 84 valence electrons. The Hall–Kier alpha value is -0.120. The summed E-state index contributed by atoms with van der Waals surface area (Å²) in [4.78, 5) is 0. The van der Waals surface area contributed by atoms with E-state index in [0.717, 1.165) is 12.8 Å². The van der Waals surface area contributed by atoms with Crippen LogP contribution in [-0.4, -0.2) is 37.6 Å². The molecule has 0 heterocycles. The molecular formula is C11H22O3. The molecule has 3 unspecified atom stereocenters. The van der Waals surface area contributed by atoms with Crippen molar-refractivity contribution in [1.82, 2.24) is 0 Å². The van der Waals surface area contributed by atoms with Gasteiger partial charge in [0.15, 0.2) is 0 Å².